The Balaban J connectivity index is 0.000000148. The van der Waals surface area contributed by atoms with E-state index < -0.39 is 23.0 Å². The molecule has 0 atom stereocenters. The fraction of sp³-hybridized carbons (Fsp3) is 0.290. The van der Waals surface area contributed by atoms with Crippen molar-refractivity contribution in [3.63, 3.8) is 0 Å². The van der Waals surface area contributed by atoms with E-state index >= 15 is 0 Å². The van der Waals surface area contributed by atoms with Crippen LogP contribution in [0.25, 0.3) is 0 Å². The molecule has 0 spiro atoms. The van der Waals surface area contributed by atoms with Crippen molar-refractivity contribution in [1.82, 2.24) is 19.9 Å². The van der Waals surface area contributed by atoms with Crippen molar-refractivity contribution in [1.29, 1.82) is 0 Å². The van der Waals surface area contributed by atoms with Gasteiger partial charge >= 0.3 is 42.1 Å². The zero-order chi connectivity index (χ0) is 54.9. The summed E-state index contributed by atoms with van der Waals surface area (Å²) >= 11 is 3.23. The maximum atomic E-state index is 6.04. The first kappa shape index (κ1) is 60.3. The van der Waals surface area contributed by atoms with Crippen LogP contribution in [-0.2, 0) is 25.2 Å². The number of benzene rings is 6. The van der Waals surface area contributed by atoms with Crippen molar-refractivity contribution in [3.05, 3.63) is 211 Å². The fourth-order valence-corrected chi connectivity index (χ4v) is 14.1. The van der Waals surface area contributed by atoms with Gasteiger partial charge in [-0.25, -0.2) is 19.9 Å². The summed E-state index contributed by atoms with van der Waals surface area (Å²) < 4.78 is 13.0. The van der Waals surface area contributed by atoms with Crippen LogP contribution in [0.15, 0.2) is 211 Å². The van der Waals surface area contributed by atoms with E-state index in [0.29, 0.717) is 0 Å². The van der Waals surface area contributed by atoms with E-state index in [1.807, 2.05) is 12.4 Å². The van der Waals surface area contributed by atoms with Gasteiger partial charge in [-0.3, -0.25) is 0 Å². The summed E-state index contributed by atoms with van der Waals surface area (Å²) in [6, 6.07) is 64.7. The molecule has 404 valence electrons. The largest absolute Gasteiger partial charge is 0.0622 e. The summed E-state index contributed by atoms with van der Waals surface area (Å²) in [6.45, 7) is 19.2. The van der Waals surface area contributed by atoms with Gasteiger partial charge in [-0.05, 0) is 145 Å². The Bertz CT molecular complexity index is 2650. The number of anilines is 2. The molecule has 8 aromatic rings. The molecule has 0 radical (unpaired) electrons. The molecule has 2 aromatic heterocycles. The zero-order valence-electron chi connectivity index (χ0n) is 45.3. The van der Waals surface area contributed by atoms with Crippen LogP contribution in [0.2, 0.25) is 0 Å². The van der Waals surface area contributed by atoms with Crippen LogP contribution in [0, 0.1) is 0 Å². The maximum Gasteiger partial charge on any atom is -0.0134 e. The summed E-state index contributed by atoms with van der Waals surface area (Å²) in [5.41, 5.74) is 0.527. The normalized spacial score (nSPS) is 16.5. The van der Waals surface area contributed by atoms with Crippen molar-refractivity contribution in [2.24, 2.45) is 0 Å². The Kier molecular flexibility index (Phi) is 22.5. The van der Waals surface area contributed by atoms with Gasteiger partial charge in [-0.15, -0.1) is 0 Å². The Labute approximate surface area is 486 Å². The van der Waals surface area contributed by atoms with E-state index in [1.54, 1.807) is 12.4 Å². The van der Waals surface area contributed by atoms with Crippen LogP contribution in [0.1, 0.15) is 81.1 Å². The molecular weight excluding hydrogens is 1190 g/mol. The Morgan fingerprint density at radius 1 is 0.442 bits per heavy atom. The minimum absolute atomic E-state index is 0.106. The van der Waals surface area contributed by atoms with E-state index in [2.05, 4.69) is 283 Å². The van der Waals surface area contributed by atoms with Gasteiger partial charge in [0.15, 0.2) is 0 Å². The van der Waals surface area contributed by atoms with Gasteiger partial charge in [0.25, 0.3) is 0 Å². The second kappa shape index (κ2) is 28.7. The molecule has 3 fully saturated rings. The number of hydrogen-bond acceptors (Lipinski definition) is 8. The first-order chi connectivity index (χ1) is 37.0. The van der Waals surface area contributed by atoms with Gasteiger partial charge in [0.1, 0.15) is 0 Å². The van der Waals surface area contributed by atoms with E-state index in [1.165, 1.54) is 57.5 Å². The SMILES string of the molecule is CC1(C)CCCN1c1ncc(B2OC(C)(C)C(C)(C)O2)cn1.CC1(C)CCCN1c1ncc(Br)cn1.[Cl][Pd][Cl].c1ccc(P(c2ccccc2)c2ccccc2)cc1.c1ccc(P(c2ccccc2)c2ccccc2)cc1. The molecule has 11 rings (SSSR count). The summed E-state index contributed by atoms with van der Waals surface area (Å²) in [6.07, 6.45) is 12.1. The van der Waals surface area contributed by atoms with E-state index in [-0.39, 0.29) is 38.2 Å². The maximum absolute atomic E-state index is 6.04. The predicted molar refractivity (Wildman–Crippen MR) is 331 cm³/mol. The predicted octanol–water partition coefficient (Wildman–Crippen LogP) is 13.0. The Hall–Kier alpha value is -4.35. The first-order valence-electron chi connectivity index (χ1n) is 26.0. The molecule has 0 unspecified atom stereocenters. The summed E-state index contributed by atoms with van der Waals surface area (Å²) in [7, 11) is 8.34. The third kappa shape index (κ3) is 16.6. The van der Waals surface area contributed by atoms with Gasteiger partial charge in [0.2, 0.25) is 11.9 Å². The van der Waals surface area contributed by atoms with Crippen LogP contribution >= 0.6 is 50.8 Å². The van der Waals surface area contributed by atoms with Gasteiger partial charge < -0.3 is 19.1 Å². The second-order valence-corrected chi connectivity index (χ2v) is 28.7. The van der Waals surface area contributed by atoms with Crippen molar-refractivity contribution in [2.45, 2.75) is 103 Å². The third-order valence-corrected chi connectivity index (χ3v) is 19.5. The molecule has 3 aliphatic heterocycles. The third-order valence-electron chi connectivity index (χ3n) is 14.2. The van der Waals surface area contributed by atoms with Crippen LogP contribution in [-0.4, -0.2) is 62.4 Å². The van der Waals surface area contributed by atoms with Crippen LogP contribution < -0.4 is 47.1 Å². The number of aromatic nitrogens is 4. The average Bonchev–Trinajstić information content (AvgIpc) is 4.08. The molecule has 5 heterocycles. The van der Waals surface area contributed by atoms with Crippen LogP contribution in [0.4, 0.5) is 11.9 Å². The Morgan fingerprint density at radius 2 is 0.688 bits per heavy atom. The van der Waals surface area contributed by atoms with Gasteiger partial charge in [0, 0.05) is 54.4 Å². The molecule has 0 bridgehead atoms. The number of hydrogen-bond donors (Lipinski definition) is 0. The standard InChI is InChI=1S/2C18H15P.C16H26BN3O2.C10H14BrN3.2ClH.Pd/c2*1-4-10-16(11-5-1)19(17-12-6-2-7-13-17)18-14-8-3-9-15-18;1-14(2)8-7-9-20(14)13-18-10-12(11-19-13)17-21-15(3,4)16(5,6)22-17;1-10(2)4-3-5-14(10)9-12-6-8(11)7-13-9;;;/h2*1-15H;10-11H,7-9H2,1-6H3;6-7H,3-5H2,1-2H3;2*1H;/q;;;;;;+2/p-2. The minimum atomic E-state index is -0.446. The van der Waals surface area contributed by atoms with E-state index in [9.17, 15) is 0 Å². The summed E-state index contributed by atoms with van der Waals surface area (Å²) in [5.74, 6) is 1.64. The molecular formula is C62H70BBrCl2N6O2P2Pd. The van der Waals surface area contributed by atoms with E-state index in [4.69, 9.17) is 28.4 Å². The van der Waals surface area contributed by atoms with Crippen molar-refractivity contribution >= 4 is 107 Å². The molecule has 0 N–H and O–H groups in total. The monoisotopic (exact) mass is 1260 g/mol. The quantitative estimate of drug-likeness (QED) is 0.105. The van der Waals surface area contributed by atoms with Crippen molar-refractivity contribution in [3.8, 4) is 0 Å². The first-order valence-corrected chi connectivity index (χ1v) is 33.4. The fourth-order valence-electron chi connectivity index (χ4n) is 9.33. The van der Waals surface area contributed by atoms with Crippen LogP contribution in [0.5, 0.6) is 0 Å². The number of halogens is 3. The van der Waals surface area contributed by atoms with Gasteiger partial charge in [-0.2, -0.15) is 0 Å². The molecule has 6 aromatic carbocycles. The molecule has 77 heavy (non-hydrogen) atoms. The zero-order valence-corrected chi connectivity index (χ0v) is 51.7. The molecule has 3 saturated heterocycles. The molecule has 15 heteroatoms. The second-order valence-electron chi connectivity index (χ2n) is 21.0. The average molecular weight is 1260 g/mol. The molecule has 0 aliphatic carbocycles. The van der Waals surface area contributed by atoms with E-state index in [0.717, 1.165) is 34.9 Å². The van der Waals surface area contributed by atoms with Gasteiger partial charge in [0.05, 0.1) is 15.7 Å². The number of nitrogens with zero attached hydrogens (tertiary/aromatic N) is 6. The number of rotatable bonds is 9. The van der Waals surface area contributed by atoms with Crippen molar-refractivity contribution in [2.75, 3.05) is 22.9 Å². The Morgan fingerprint density at radius 3 is 0.922 bits per heavy atom. The van der Waals surface area contributed by atoms with Crippen LogP contribution in [0.3, 0.4) is 0 Å². The topological polar surface area (TPSA) is 76.5 Å². The molecule has 0 amide bonds. The molecule has 0 saturated carbocycles. The molecule has 8 nitrogen and oxygen atoms in total. The minimum Gasteiger partial charge on any atom is -0.0622 e. The smallest absolute Gasteiger partial charge is 0.0134 e. The summed E-state index contributed by atoms with van der Waals surface area (Å²) in [4.78, 5) is 22.3. The molecule has 3 aliphatic rings. The van der Waals surface area contributed by atoms with Crippen molar-refractivity contribution < 1.29 is 25.2 Å². The summed E-state index contributed by atoms with van der Waals surface area (Å²) in [5, 5.41) is 8.39. The van der Waals surface area contributed by atoms with Gasteiger partial charge in [-0.1, -0.05) is 182 Å².